The molecule has 5 heteroatoms. The normalized spacial score (nSPS) is 13.5. The Morgan fingerprint density at radius 3 is 2.00 bits per heavy atom. The van der Waals surface area contributed by atoms with Gasteiger partial charge in [-0.05, 0) is 39.6 Å². The second kappa shape index (κ2) is 6.26. The topological polar surface area (TPSA) is 6.48 Å². The van der Waals surface area contributed by atoms with E-state index >= 15 is 0 Å². The summed E-state index contributed by atoms with van der Waals surface area (Å²) in [5.41, 5.74) is 1.16. The van der Waals surface area contributed by atoms with Crippen LogP contribution in [0.5, 0.6) is 0 Å². The van der Waals surface area contributed by atoms with Gasteiger partial charge in [0.05, 0.1) is 6.34 Å². The van der Waals surface area contributed by atoms with Gasteiger partial charge >= 0.3 is 0 Å². The second-order valence-corrected chi connectivity index (χ2v) is 9.63. The van der Waals surface area contributed by atoms with Crippen LogP contribution in [0.3, 0.4) is 0 Å². The Labute approximate surface area is 118 Å². The number of nitrogens with zero attached hydrogens (tertiary/aromatic N) is 2. The van der Waals surface area contributed by atoms with Gasteiger partial charge in [-0.2, -0.15) is 0 Å². The molecule has 0 unspecified atom stereocenters. The van der Waals surface area contributed by atoms with Gasteiger partial charge in [-0.25, -0.2) is 0 Å². The van der Waals surface area contributed by atoms with E-state index in [-0.39, 0.29) is 0 Å². The molecule has 1 rings (SSSR count). The molecular formula is C12H18BrN2PS. The quantitative estimate of drug-likeness (QED) is 0.774. The van der Waals surface area contributed by atoms with Crippen molar-refractivity contribution in [3.63, 3.8) is 0 Å². The van der Waals surface area contributed by atoms with Gasteiger partial charge in [0, 0.05) is 4.48 Å². The van der Waals surface area contributed by atoms with Crippen molar-refractivity contribution in [3.05, 3.63) is 41.7 Å². The fourth-order valence-electron chi connectivity index (χ4n) is 1.41. The van der Waals surface area contributed by atoms with E-state index in [0.29, 0.717) is 0 Å². The van der Waals surface area contributed by atoms with E-state index in [1.807, 2.05) is 46.4 Å². The van der Waals surface area contributed by atoms with Crippen LogP contribution >= 0.6 is 22.3 Å². The van der Waals surface area contributed by atoms with Crippen LogP contribution in [0.25, 0.3) is 4.48 Å². The molecule has 17 heavy (non-hydrogen) atoms. The van der Waals surface area contributed by atoms with E-state index in [4.69, 9.17) is 11.8 Å². The van der Waals surface area contributed by atoms with Gasteiger partial charge in [0.2, 0.25) is 0 Å². The lowest BCUT2D eigenvalue weighted by Gasteiger charge is -2.32. The summed E-state index contributed by atoms with van der Waals surface area (Å²) in [5.74, 6) is 2.15. The van der Waals surface area contributed by atoms with Crippen molar-refractivity contribution in [1.82, 2.24) is 9.34 Å². The highest BCUT2D eigenvalue weighted by atomic mass is 79.9. The monoisotopic (exact) mass is 332 g/mol. The molecule has 2 nitrogen and oxygen atoms in total. The molecule has 94 valence electrons. The molecule has 0 bridgehead atoms. The van der Waals surface area contributed by atoms with Crippen molar-refractivity contribution in [2.24, 2.45) is 0 Å². The lowest BCUT2D eigenvalue weighted by atomic mass is 10.2. The molecule has 0 aliphatic carbocycles. The van der Waals surface area contributed by atoms with Crippen molar-refractivity contribution >= 4 is 38.6 Å². The minimum absolute atomic E-state index is 1.06. The molecule has 0 N–H and O–H groups in total. The molecule has 0 aliphatic rings. The fourth-order valence-corrected chi connectivity index (χ4v) is 4.87. The molecule has 1 aromatic rings. The van der Waals surface area contributed by atoms with Gasteiger partial charge in [0.25, 0.3) is 0 Å². The first kappa shape index (κ1) is 15.1. The third-order valence-corrected chi connectivity index (χ3v) is 8.68. The zero-order valence-corrected chi connectivity index (χ0v) is 13.9. The molecule has 0 saturated heterocycles. The molecule has 0 saturated carbocycles. The summed E-state index contributed by atoms with van der Waals surface area (Å²) >= 11 is 9.41. The Hall–Kier alpha value is 0.01000. The SMILES string of the molecule is CN(C)P(=S)(/C=C(\Br)c1ccccc1)N(C)C. The smallest absolute Gasteiger partial charge is 0.0996 e. The molecule has 0 fully saturated rings. The fraction of sp³-hybridized carbons (Fsp3) is 0.333. The number of hydrogen-bond donors (Lipinski definition) is 0. The highest BCUT2D eigenvalue weighted by Crippen LogP contribution is 2.53. The van der Waals surface area contributed by atoms with E-state index in [1.165, 1.54) is 0 Å². The maximum absolute atomic E-state index is 5.78. The van der Waals surface area contributed by atoms with Crippen molar-refractivity contribution in [1.29, 1.82) is 0 Å². The van der Waals surface area contributed by atoms with E-state index in [0.717, 1.165) is 10.0 Å². The minimum Gasteiger partial charge on any atom is -0.267 e. The Morgan fingerprint density at radius 2 is 1.59 bits per heavy atom. The van der Waals surface area contributed by atoms with Crippen LogP contribution in [-0.2, 0) is 11.8 Å². The third kappa shape index (κ3) is 3.73. The van der Waals surface area contributed by atoms with Gasteiger partial charge in [-0.1, -0.05) is 58.1 Å². The summed E-state index contributed by atoms with van der Waals surface area (Å²) in [6.45, 7) is 0. The Kier molecular flexibility index (Phi) is 5.55. The first-order valence-electron chi connectivity index (χ1n) is 5.27. The van der Waals surface area contributed by atoms with Gasteiger partial charge < -0.3 is 0 Å². The largest absolute Gasteiger partial charge is 0.267 e. The highest BCUT2D eigenvalue weighted by Gasteiger charge is 2.20. The lowest BCUT2D eigenvalue weighted by molar-refractivity contribution is 0.581. The molecule has 0 heterocycles. The predicted octanol–water partition coefficient (Wildman–Crippen LogP) is 3.81. The molecule has 0 amide bonds. The average Bonchev–Trinajstić information content (AvgIpc) is 2.29. The molecule has 0 atom stereocenters. The average molecular weight is 333 g/mol. The number of halogens is 1. The molecule has 0 aromatic heterocycles. The third-order valence-electron chi connectivity index (χ3n) is 2.48. The van der Waals surface area contributed by atoms with Crippen LogP contribution in [0.1, 0.15) is 5.56 Å². The summed E-state index contributed by atoms with van der Waals surface area (Å²) < 4.78 is 5.29. The molecular weight excluding hydrogens is 315 g/mol. The molecule has 0 aliphatic heterocycles. The van der Waals surface area contributed by atoms with Crippen molar-refractivity contribution < 1.29 is 0 Å². The van der Waals surface area contributed by atoms with E-state index in [9.17, 15) is 0 Å². The summed E-state index contributed by atoms with van der Waals surface area (Å²) in [7, 11) is 8.12. The molecule has 1 aromatic carbocycles. The lowest BCUT2D eigenvalue weighted by Crippen LogP contribution is -2.19. The van der Waals surface area contributed by atoms with E-state index in [1.54, 1.807) is 0 Å². The molecule has 0 radical (unpaired) electrons. The second-order valence-electron chi connectivity index (χ2n) is 4.13. The van der Waals surface area contributed by atoms with Crippen molar-refractivity contribution in [3.8, 4) is 0 Å². The van der Waals surface area contributed by atoms with Gasteiger partial charge in [0.15, 0.2) is 0 Å². The van der Waals surface area contributed by atoms with Crippen LogP contribution < -0.4 is 0 Å². The summed E-state index contributed by atoms with van der Waals surface area (Å²) in [6.07, 6.45) is -1.79. The zero-order chi connectivity index (χ0) is 13.1. The van der Waals surface area contributed by atoms with Crippen LogP contribution in [0, 0.1) is 0 Å². The first-order chi connectivity index (χ1) is 7.88. The predicted molar refractivity (Wildman–Crippen MR) is 85.0 cm³/mol. The maximum atomic E-state index is 5.78. The maximum Gasteiger partial charge on any atom is 0.0996 e. The zero-order valence-electron chi connectivity index (χ0n) is 10.6. The Balaban J connectivity index is 3.13. The van der Waals surface area contributed by atoms with E-state index in [2.05, 4.69) is 43.2 Å². The summed E-state index contributed by atoms with van der Waals surface area (Å²) in [5, 5.41) is 0. The van der Waals surface area contributed by atoms with Crippen LogP contribution in [0.2, 0.25) is 0 Å². The van der Waals surface area contributed by atoms with Crippen LogP contribution in [0.4, 0.5) is 0 Å². The Morgan fingerprint density at radius 1 is 1.12 bits per heavy atom. The summed E-state index contributed by atoms with van der Waals surface area (Å²) in [6, 6.07) is 10.2. The number of benzene rings is 1. The number of hydrogen-bond acceptors (Lipinski definition) is 1. The summed E-state index contributed by atoms with van der Waals surface area (Å²) in [4.78, 5) is 0. The van der Waals surface area contributed by atoms with Crippen molar-refractivity contribution in [2.75, 3.05) is 28.2 Å². The van der Waals surface area contributed by atoms with Crippen molar-refractivity contribution in [2.45, 2.75) is 0 Å². The molecule has 0 spiro atoms. The highest BCUT2D eigenvalue weighted by molar-refractivity contribution is 9.15. The van der Waals surface area contributed by atoms with Gasteiger partial charge in [-0.15, -0.1) is 0 Å². The number of rotatable bonds is 4. The van der Waals surface area contributed by atoms with Crippen LogP contribution in [-0.4, -0.2) is 37.5 Å². The Bertz CT molecular complexity index is 431. The minimum atomic E-state index is -1.79. The standard InChI is InChI=1S/C12H18BrN2PS/c1-14(2)16(17,15(3)4)10-12(13)11-8-6-5-7-9-11/h5-10H,1-4H3/b12-10-. The van der Waals surface area contributed by atoms with E-state index < -0.39 is 6.34 Å². The van der Waals surface area contributed by atoms with Gasteiger partial charge in [0.1, 0.15) is 0 Å². The van der Waals surface area contributed by atoms with Crippen LogP contribution in [0.15, 0.2) is 36.1 Å². The first-order valence-corrected chi connectivity index (χ1v) is 8.84. The van der Waals surface area contributed by atoms with Gasteiger partial charge in [-0.3, -0.25) is 9.34 Å².